The van der Waals surface area contributed by atoms with Crippen molar-refractivity contribution in [3.05, 3.63) is 72.8 Å². The Kier molecular flexibility index (Phi) is 3.70. The van der Waals surface area contributed by atoms with Crippen LogP contribution in [-0.4, -0.2) is 28.2 Å². The molecule has 0 heterocycles. The fourth-order valence-electron chi connectivity index (χ4n) is 4.16. The molecule has 0 spiro atoms. The normalized spacial score (nSPS) is 11.6. The summed E-state index contributed by atoms with van der Waals surface area (Å²) in [6.07, 6.45) is 0. The molecule has 0 saturated heterocycles. The molecule has 138 valence electrons. The Morgan fingerprint density at radius 3 is 1.11 bits per heavy atom. The molecule has 2 nitrogen and oxygen atoms in total. The van der Waals surface area contributed by atoms with Crippen LogP contribution in [0.4, 0.5) is 11.4 Å². The van der Waals surface area contributed by atoms with E-state index in [4.69, 9.17) is 0 Å². The van der Waals surface area contributed by atoms with Crippen LogP contribution in [0.15, 0.2) is 72.8 Å². The Balaban J connectivity index is 1.80. The van der Waals surface area contributed by atoms with Crippen molar-refractivity contribution in [2.24, 2.45) is 0 Å². The van der Waals surface area contributed by atoms with Crippen molar-refractivity contribution in [1.29, 1.82) is 0 Å². The van der Waals surface area contributed by atoms with Gasteiger partial charge in [-0.05, 0) is 79.5 Å². The van der Waals surface area contributed by atoms with Crippen LogP contribution in [0.25, 0.3) is 43.1 Å². The Hall–Kier alpha value is -3.26. The van der Waals surface area contributed by atoms with Gasteiger partial charge < -0.3 is 9.80 Å². The largest absolute Gasteiger partial charge is 0.378 e. The number of anilines is 2. The highest BCUT2D eigenvalue weighted by Crippen LogP contribution is 2.35. The molecule has 5 rings (SSSR count). The molecular formula is C26H24N2. The van der Waals surface area contributed by atoms with Crippen molar-refractivity contribution in [3.8, 4) is 0 Å². The van der Waals surface area contributed by atoms with Crippen LogP contribution in [0.1, 0.15) is 0 Å². The fourth-order valence-corrected chi connectivity index (χ4v) is 4.16. The van der Waals surface area contributed by atoms with Gasteiger partial charge >= 0.3 is 0 Å². The van der Waals surface area contributed by atoms with E-state index in [9.17, 15) is 0 Å². The van der Waals surface area contributed by atoms with Gasteiger partial charge in [-0.1, -0.05) is 36.4 Å². The highest BCUT2D eigenvalue weighted by Gasteiger charge is 2.08. The molecule has 0 aliphatic heterocycles. The zero-order chi connectivity index (χ0) is 19.4. The lowest BCUT2D eigenvalue weighted by Crippen LogP contribution is -2.08. The minimum absolute atomic E-state index is 1.23. The van der Waals surface area contributed by atoms with Gasteiger partial charge in [0.25, 0.3) is 0 Å². The molecule has 0 N–H and O–H groups in total. The zero-order valence-corrected chi connectivity index (χ0v) is 16.8. The molecule has 5 aromatic rings. The molecule has 0 saturated carbocycles. The second kappa shape index (κ2) is 6.13. The second-order valence-electron chi connectivity index (χ2n) is 8.03. The van der Waals surface area contributed by atoms with Gasteiger partial charge in [0.2, 0.25) is 0 Å². The summed E-state index contributed by atoms with van der Waals surface area (Å²) in [4.78, 5) is 4.30. The van der Waals surface area contributed by atoms with Crippen molar-refractivity contribution in [1.82, 2.24) is 0 Å². The van der Waals surface area contributed by atoms with Crippen LogP contribution in [-0.2, 0) is 0 Å². The fraction of sp³-hybridized carbons (Fsp3) is 0.154. The molecule has 2 heteroatoms. The van der Waals surface area contributed by atoms with E-state index in [1.54, 1.807) is 0 Å². The van der Waals surface area contributed by atoms with E-state index in [1.165, 1.54) is 54.5 Å². The van der Waals surface area contributed by atoms with Crippen molar-refractivity contribution in [2.75, 3.05) is 38.0 Å². The van der Waals surface area contributed by atoms with Crippen LogP contribution < -0.4 is 9.80 Å². The minimum Gasteiger partial charge on any atom is -0.378 e. The number of hydrogen-bond acceptors (Lipinski definition) is 2. The maximum Gasteiger partial charge on any atom is 0.0367 e. The Morgan fingerprint density at radius 1 is 0.393 bits per heavy atom. The number of benzene rings is 5. The summed E-state index contributed by atoms with van der Waals surface area (Å²) in [5, 5.41) is 10.4. The molecule has 0 aromatic heterocycles. The van der Waals surface area contributed by atoms with E-state index in [2.05, 4.69) is 111 Å². The Bertz CT molecular complexity index is 1260. The van der Waals surface area contributed by atoms with Crippen LogP contribution in [0.3, 0.4) is 0 Å². The number of rotatable bonds is 2. The highest BCUT2D eigenvalue weighted by atomic mass is 15.1. The lowest BCUT2D eigenvalue weighted by Gasteiger charge is -2.15. The maximum absolute atomic E-state index is 2.35. The van der Waals surface area contributed by atoms with Gasteiger partial charge in [0.15, 0.2) is 0 Å². The third kappa shape index (κ3) is 2.56. The van der Waals surface area contributed by atoms with E-state index in [0.717, 1.165) is 0 Å². The van der Waals surface area contributed by atoms with Crippen molar-refractivity contribution in [3.63, 3.8) is 0 Å². The molecule has 0 unspecified atom stereocenters. The highest BCUT2D eigenvalue weighted by molar-refractivity contribution is 6.17. The predicted molar refractivity (Wildman–Crippen MR) is 125 cm³/mol. The summed E-state index contributed by atoms with van der Waals surface area (Å²) < 4.78 is 0. The lowest BCUT2D eigenvalue weighted by atomic mass is 9.95. The quantitative estimate of drug-likeness (QED) is 0.263. The topological polar surface area (TPSA) is 6.48 Å². The molecule has 0 fully saturated rings. The monoisotopic (exact) mass is 364 g/mol. The summed E-state index contributed by atoms with van der Waals surface area (Å²) in [7, 11) is 8.34. The number of hydrogen-bond donors (Lipinski definition) is 0. The van der Waals surface area contributed by atoms with Crippen LogP contribution >= 0.6 is 0 Å². The SMILES string of the molecule is CN(C)c1ccc2c(ccc3cc4c(ccc5cc(N(C)C)ccc54)cc32)c1. The van der Waals surface area contributed by atoms with Crippen molar-refractivity contribution < 1.29 is 0 Å². The standard InChI is InChI=1S/C26H24N2/c1-27(2)21-9-11-23-17(13-21)5-7-19-16-26-20(15-25(19)23)8-6-18-14-22(28(3)4)10-12-24(18)26/h5-16H,1-4H3. The first-order valence-electron chi connectivity index (χ1n) is 9.69. The Morgan fingerprint density at radius 2 is 0.750 bits per heavy atom. The summed E-state index contributed by atoms with van der Waals surface area (Å²) in [6, 6.07) is 27.1. The van der Waals surface area contributed by atoms with Gasteiger partial charge in [-0.25, -0.2) is 0 Å². The number of fused-ring (bicyclic) bond motifs is 6. The lowest BCUT2D eigenvalue weighted by molar-refractivity contribution is 1.14. The van der Waals surface area contributed by atoms with Crippen LogP contribution in [0.5, 0.6) is 0 Å². The van der Waals surface area contributed by atoms with Gasteiger partial charge in [0, 0.05) is 39.6 Å². The van der Waals surface area contributed by atoms with Gasteiger partial charge in [0.1, 0.15) is 0 Å². The van der Waals surface area contributed by atoms with E-state index in [1.807, 2.05) is 0 Å². The van der Waals surface area contributed by atoms with Gasteiger partial charge in [0.05, 0.1) is 0 Å². The minimum atomic E-state index is 1.23. The Labute approximate surface area is 165 Å². The third-order valence-electron chi connectivity index (χ3n) is 5.79. The van der Waals surface area contributed by atoms with Gasteiger partial charge in [-0.15, -0.1) is 0 Å². The summed E-state index contributed by atoms with van der Waals surface area (Å²) in [5.74, 6) is 0. The van der Waals surface area contributed by atoms with Gasteiger partial charge in [-0.2, -0.15) is 0 Å². The van der Waals surface area contributed by atoms with E-state index in [-0.39, 0.29) is 0 Å². The molecule has 5 aromatic carbocycles. The van der Waals surface area contributed by atoms with Crippen LogP contribution in [0.2, 0.25) is 0 Å². The smallest absolute Gasteiger partial charge is 0.0367 e. The number of nitrogens with zero attached hydrogens (tertiary/aromatic N) is 2. The average Bonchev–Trinajstić information content (AvgIpc) is 2.71. The molecule has 0 aliphatic rings. The van der Waals surface area contributed by atoms with Gasteiger partial charge in [-0.3, -0.25) is 0 Å². The van der Waals surface area contributed by atoms with E-state index < -0.39 is 0 Å². The molecule has 0 bridgehead atoms. The summed E-state index contributed by atoms with van der Waals surface area (Å²) >= 11 is 0. The molecule has 0 atom stereocenters. The maximum atomic E-state index is 2.35. The average molecular weight is 364 g/mol. The predicted octanol–water partition coefficient (Wildman–Crippen LogP) is 6.43. The second-order valence-corrected chi connectivity index (χ2v) is 8.03. The van der Waals surface area contributed by atoms with Crippen molar-refractivity contribution >= 4 is 54.5 Å². The van der Waals surface area contributed by atoms with Crippen molar-refractivity contribution in [2.45, 2.75) is 0 Å². The first-order valence-corrected chi connectivity index (χ1v) is 9.69. The third-order valence-corrected chi connectivity index (χ3v) is 5.79. The molecule has 0 aliphatic carbocycles. The zero-order valence-electron chi connectivity index (χ0n) is 16.8. The van der Waals surface area contributed by atoms with E-state index >= 15 is 0 Å². The first-order chi connectivity index (χ1) is 13.5. The summed E-state index contributed by atoms with van der Waals surface area (Å²) in [5.41, 5.74) is 2.46. The first kappa shape index (κ1) is 16.9. The molecule has 0 amide bonds. The molecular weight excluding hydrogens is 340 g/mol. The molecule has 28 heavy (non-hydrogen) atoms. The van der Waals surface area contributed by atoms with Crippen LogP contribution in [0, 0.1) is 0 Å². The van der Waals surface area contributed by atoms with E-state index in [0.29, 0.717) is 0 Å². The molecule has 0 radical (unpaired) electrons. The summed E-state index contributed by atoms with van der Waals surface area (Å²) in [6.45, 7) is 0.